The van der Waals surface area contributed by atoms with E-state index in [1.807, 2.05) is 61.7 Å². The number of hydrogen-bond acceptors (Lipinski definition) is 3. The molecule has 134 valence electrons. The van der Waals surface area contributed by atoms with E-state index in [-0.39, 0.29) is 12.5 Å². The lowest BCUT2D eigenvalue weighted by Crippen LogP contribution is -2.42. The molecule has 5 nitrogen and oxygen atoms in total. The highest BCUT2D eigenvalue weighted by atomic mass is 16.5. The Labute approximate surface area is 152 Å². The molecule has 1 heterocycles. The molecule has 1 atom stereocenters. The third-order valence-corrected chi connectivity index (χ3v) is 4.26. The predicted molar refractivity (Wildman–Crippen MR) is 101 cm³/mol. The molecule has 0 radical (unpaired) electrons. The molecule has 0 aliphatic heterocycles. The van der Waals surface area contributed by atoms with Crippen molar-refractivity contribution < 1.29 is 14.3 Å². The molecule has 0 saturated carbocycles. The molecule has 2 N–H and O–H groups in total. The summed E-state index contributed by atoms with van der Waals surface area (Å²) in [6, 6.07) is 14.9. The number of fused-ring (bicyclic) bond motifs is 1. The molecule has 0 spiro atoms. The Morgan fingerprint density at radius 2 is 1.85 bits per heavy atom. The summed E-state index contributed by atoms with van der Waals surface area (Å²) >= 11 is 0. The minimum absolute atomic E-state index is 0.184. The van der Waals surface area contributed by atoms with Crippen LogP contribution in [0.5, 0.6) is 0 Å². The molecular weight excluding hydrogens is 328 g/mol. The van der Waals surface area contributed by atoms with E-state index >= 15 is 0 Å². The fourth-order valence-electron chi connectivity index (χ4n) is 2.90. The van der Waals surface area contributed by atoms with E-state index in [4.69, 9.17) is 4.74 Å². The first kappa shape index (κ1) is 17.7. The van der Waals surface area contributed by atoms with Crippen LogP contribution in [0.4, 0.5) is 0 Å². The molecule has 0 aliphatic rings. The van der Waals surface area contributed by atoms with Crippen LogP contribution in [0.15, 0.2) is 54.7 Å². The summed E-state index contributed by atoms with van der Waals surface area (Å²) in [6.07, 6.45) is 2.24. The van der Waals surface area contributed by atoms with Crippen LogP contribution in [0.3, 0.4) is 0 Å². The molecule has 26 heavy (non-hydrogen) atoms. The van der Waals surface area contributed by atoms with E-state index < -0.39 is 12.0 Å². The van der Waals surface area contributed by atoms with Crippen molar-refractivity contribution in [1.29, 1.82) is 0 Å². The smallest absolute Gasteiger partial charge is 0.329 e. The lowest BCUT2D eigenvalue weighted by Gasteiger charge is -2.16. The molecule has 0 bridgehead atoms. The van der Waals surface area contributed by atoms with E-state index in [2.05, 4.69) is 10.3 Å². The second-order valence-electron chi connectivity index (χ2n) is 6.41. The molecule has 0 fully saturated rings. The summed E-state index contributed by atoms with van der Waals surface area (Å²) in [5.74, 6) is -0.701. The maximum Gasteiger partial charge on any atom is 0.329 e. The molecule has 1 amide bonds. The van der Waals surface area contributed by atoms with Crippen molar-refractivity contribution in [2.75, 3.05) is 0 Å². The van der Waals surface area contributed by atoms with Gasteiger partial charge in [-0.1, -0.05) is 48.0 Å². The number of para-hydroxylation sites is 1. The van der Waals surface area contributed by atoms with Gasteiger partial charge in [0.2, 0.25) is 5.91 Å². The van der Waals surface area contributed by atoms with Gasteiger partial charge in [0.1, 0.15) is 12.6 Å². The second kappa shape index (κ2) is 7.87. The quantitative estimate of drug-likeness (QED) is 0.670. The van der Waals surface area contributed by atoms with Crippen LogP contribution in [-0.2, 0) is 27.4 Å². The van der Waals surface area contributed by atoms with Gasteiger partial charge in [0.05, 0.1) is 0 Å². The van der Waals surface area contributed by atoms with E-state index in [1.165, 1.54) is 6.92 Å². The fraction of sp³-hybridized carbons (Fsp3) is 0.238. The zero-order chi connectivity index (χ0) is 18.5. The lowest BCUT2D eigenvalue weighted by molar-refractivity contribution is -0.149. The van der Waals surface area contributed by atoms with Gasteiger partial charge in [0.25, 0.3) is 0 Å². The Morgan fingerprint density at radius 3 is 2.58 bits per heavy atom. The summed E-state index contributed by atoms with van der Waals surface area (Å²) in [5.41, 5.74) is 4.02. The van der Waals surface area contributed by atoms with E-state index in [0.717, 1.165) is 27.6 Å². The summed E-state index contributed by atoms with van der Waals surface area (Å²) in [4.78, 5) is 27.3. The minimum Gasteiger partial charge on any atom is -0.459 e. The van der Waals surface area contributed by atoms with Crippen LogP contribution in [0, 0.1) is 6.92 Å². The first-order valence-corrected chi connectivity index (χ1v) is 8.57. The van der Waals surface area contributed by atoms with Crippen molar-refractivity contribution in [1.82, 2.24) is 10.3 Å². The Kier molecular flexibility index (Phi) is 5.37. The van der Waals surface area contributed by atoms with E-state index in [9.17, 15) is 9.59 Å². The number of benzene rings is 2. The third kappa shape index (κ3) is 4.30. The summed E-state index contributed by atoms with van der Waals surface area (Å²) < 4.78 is 5.43. The van der Waals surface area contributed by atoms with Crippen LogP contribution in [-0.4, -0.2) is 22.9 Å². The van der Waals surface area contributed by atoms with Gasteiger partial charge in [0.15, 0.2) is 0 Å². The monoisotopic (exact) mass is 350 g/mol. The van der Waals surface area contributed by atoms with Crippen LogP contribution < -0.4 is 5.32 Å². The number of carbonyl (C=O) groups is 2. The standard InChI is InChI=1S/C21H22N2O3/c1-14-7-9-16(10-8-14)13-26-21(25)20(23-15(2)24)11-17-12-22-19-6-4-3-5-18(17)19/h3-10,12,20,22H,11,13H2,1-2H3,(H,23,24)/t20-/m0/s1. The molecule has 5 heteroatoms. The number of aryl methyl sites for hydroxylation is 1. The average Bonchev–Trinajstić information content (AvgIpc) is 3.03. The van der Waals surface area contributed by atoms with Gasteiger partial charge in [-0.25, -0.2) is 4.79 Å². The van der Waals surface area contributed by atoms with Crippen LogP contribution >= 0.6 is 0 Å². The van der Waals surface area contributed by atoms with Gasteiger partial charge < -0.3 is 15.0 Å². The van der Waals surface area contributed by atoms with Gasteiger partial charge in [-0.3, -0.25) is 4.79 Å². The number of aromatic amines is 1. The van der Waals surface area contributed by atoms with Crippen LogP contribution in [0.1, 0.15) is 23.6 Å². The van der Waals surface area contributed by atoms with Crippen molar-refractivity contribution in [2.45, 2.75) is 32.9 Å². The number of rotatable bonds is 6. The number of amides is 1. The first-order chi connectivity index (χ1) is 12.5. The Bertz CT molecular complexity index is 912. The number of esters is 1. The number of aromatic nitrogens is 1. The molecular formula is C21H22N2O3. The molecule has 1 aromatic heterocycles. The summed E-state index contributed by atoms with van der Waals surface area (Å²) in [7, 11) is 0. The normalized spacial score (nSPS) is 11.9. The Balaban J connectivity index is 1.71. The fourth-order valence-corrected chi connectivity index (χ4v) is 2.90. The molecule has 3 rings (SSSR count). The van der Waals surface area contributed by atoms with E-state index in [1.54, 1.807) is 0 Å². The number of ether oxygens (including phenoxy) is 1. The second-order valence-corrected chi connectivity index (χ2v) is 6.41. The summed E-state index contributed by atoms with van der Waals surface area (Å²) in [6.45, 7) is 3.59. The van der Waals surface area contributed by atoms with Gasteiger partial charge in [-0.2, -0.15) is 0 Å². The molecule has 0 saturated heterocycles. The largest absolute Gasteiger partial charge is 0.459 e. The SMILES string of the molecule is CC(=O)N[C@@H](Cc1c[nH]c2ccccc12)C(=O)OCc1ccc(C)cc1. The highest BCUT2D eigenvalue weighted by Crippen LogP contribution is 2.19. The predicted octanol–water partition coefficient (Wildman–Crippen LogP) is 3.27. The number of hydrogen-bond donors (Lipinski definition) is 2. The third-order valence-electron chi connectivity index (χ3n) is 4.26. The van der Waals surface area contributed by atoms with Gasteiger partial charge in [-0.05, 0) is 24.1 Å². The van der Waals surface area contributed by atoms with E-state index in [0.29, 0.717) is 6.42 Å². The number of H-pyrrole nitrogens is 1. The zero-order valence-corrected chi connectivity index (χ0v) is 14.9. The van der Waals surface area contributed by atoms with Gasteiger partial charge in [0, 0.05) is 30.4 Å². The highest BCUT2D eigenvalue weighted by Gasteiger charge is 2.23. The Morgan fingerprint density at radius 1 is 1.12 bits per heavy atom. The maximum atomic E-state index is 12.5. The maximum absolute atomic E-state index is 12.5. The average molecular weight is 350 g/mol. The van der Waals surface area contributed by atoms with Crippen molar-refractivity contribution in [2.24, 2.45) is 0 Å². The molecule has 2 aromatic carbocycles. The number of carbonyl (C=O) groups excluding carboxylic acids is 2. The van der Waals surface area contributed by atoms with Crippen molar-refractivity contribution in [3.05, 3.63) is 71.4 Å². The zero-order valence-electron chi connectivity index (χ0n) is 14.9. The van der Waals surface area contributed by atoms with Crippen molar-refractivity contribution >= 4 is 22.8 Å². The molecule has 0 unspecified atom stereocenters. The topological polar surface area (TPSA) is 71.2 Å². The summed E-state index contributed by atoms with van der Waals surface area (Å²) in [5, 5.41) is 3.74. The molecule has 3 aromatic rings. The first-order valence-electron chi connectivity index (χ1n) is 8.57. The van der Waals surface area contributed by atoms with Crippen LogP contribution in [0.2, 0.25) is 0 Å². The molecule has 0 aliphatic carbocycles. The highest BCUT2D eigenvalue weighted by molar-refractivity contribution is 5.86. The van der Waals surface area contributed by atoms with Gasteiger partial charge >= 0.3 is 5.97 Å². The Hall–Kier alpha value is -3.08. The van der Waals surface area contributed by atoms with Gasteiger partial charge in [-0.15, -0.1) is 0 Å². The van der Waals surface area contributed by atoms with Crippen molar-refractivity contribution in [3.8, 4) is 0 Å². The number of nitrogens with one attached hydrogen (secondary N) is 2. The van der Waals surface area contributed by atoms with Crippen molar-refractivity contribution in [3.63, 3.8) is 0 Å². The minimum atomic E-state index is -0.725. The lowest BCUT2D eigenvalue weighted by atomic mass is 10.0. The van der Waals surface area contributed by atoms with Crippen LogP contribution in [0.25, 0.3) is 10.9 Å².